The van der Waals surface area contributed by atoms with Crippen molar-refractivity contribution in [2.75, 3.05) is 26.4 Å². The maximum atomic E-state index is 15.5. The number of halogens is 5. The maximum Gasteiger partial charge on any atom is 0.238 e. The van der Waals surface area contributed by atoms with Crippen LogP contribution in [0.15, 0.2) is 36.4 Å². The summed E-state index contributed by atoms with van der Waals surface area (Å²) in [4.78, 5) is 3.34. The molecule has 0 amide bonds. The van der Waals surface area contributed by atoms with E-state index >= 15 is 8.78 Å². The van der Waals surface area contributed by atoms with Gasteiger partial charge in [-0.05, 0) is 49.3 Å². The number of H-pyrrole nitrogens is 1. The van der Waals surface area contributed by atoms with Gasteiger partial charge < -0.3 is 15.0 Å². The molecular weight excluding hydrogens is 463 g/mol. The zero-order valence-corrected chi connectivity index (χ0v) is 19.7. The Kier molecular flexibility index (Phi) is 8.31. The monoisotopic (exact) mass is 494 g/mol. The number of ether oxygens (including phenoxy) is 1. The average Bonchev–Trinajstić information content (AvgIpc) is 3.18. The van der Waals surface area contributed by atoms with E-state index in [1.807, 2.05) is 31.2 Å². The fourth-order valence-electron chi connectivity index (χ4n) is 5.35. The van der Waals surface area contributed by atoms with Gasteiger partial charge in [-0.25, -0.2) is 17.6 Å². The van der Waals surface area contributed by atoms with Crippen molar-refractivity contribution in [3.8, 4) is 5.75 Å². The number of para-hydroxylation sites is 1. The average molecular weight is 495 g/mol. The fourth-order valence-corrected chi connectivity index (χ4v) is 5.35. The summed E-state index contributed by atoms with van der Waals surface area (Å²) in [7, 11) is 0. The van der Waals surface area contributed by atoms with E-state index < -0.39 is 30.7 Å². The normalized spacial score (nSPS) is 19.9. The quantitative estimate of drug-likeness (QED) is 0.228. The molecule has 1 aliphatic carbocycles. The number of alkyl halides is 3. The molecule has 8 heteroatoms. The SMILES string of the molecule is C[C@@H]1Cc2c([nH]c3ccccc23)[C@@H](c2c(F)cc(OCCNCCCF)cc2F)C1CCC(F)F. The van der Waals surface area contributed by atoms with Gasteiger partial charge in [0.05, 0.1) is 6.67 Å². The molecule has 0 spiro atoms. The minimum atomic E-state index is -2.48. The van der Waals surface area contributed by atoms with Crippen LogP contribution in [0, 0.1) is 23.5 Å². The van der Waals surface area contributed by atoms with Crippen molar-refractivity contribution in [3.63, 3.8) is 0 Å². The predicted molar refractivity (Wildman–Crippen MR) is 127 cm³/mol. The number of aromatic nitrogens is 1. The Morgan fingerprint density at radius 3 is 2.57 bits per heavy atom. The van der Waals surface area contributed by atoms with Crippen LogP contribution < -0.4 is 10.1 Å². The van der Waals surface area contributed by atoms with Crippen LogP contribution in [-0.4, -0.2) is 37.8 Å². The molecule has 1 unspecified atom stereocenters. The summed E-state index contributed by atoms with van der Waals surface area (Å²) in [6.45, 7) is 2.64. The molecule has 3 aromatic rings. The summed E-state index contributed by atoms with van der Waals surface area (Å²) in [5, 5.41) is 3.98. The molecule has 3 atom stereocenters. The third-order valence-electron chi connectivity index (χ3n) is 6.96. The Labute approximate surface area is 202 Å². The second-order valence-electron chi connectivity index (χ2n) is 9.30. The predicted octanol–water partition coefficient (Wildman–Crippen LogP) is 6.76. The van der Waals surface area contributed by atoms with Crippen LogP contribution in [0.2, 0.25) is 0 Å². The summed E-state index contributed by atoms with van der Waals surface area (Å²) >= 11 is 0. The molecule has 0 saturated carbocycles. The standard InChI is InChI=1S/C27H31F5N2O/c1-16-13-20-19-5-2-3-6-23(19)34-27(20)25(18(16)7-8-24(31)32)26-21(29)14-17(15-22(26)30)35-12-11-33-10-4-9-28/h2-3,5-6,14-16,18,24-25,33-34H,4,7-13H2,1H3/t16-,18?,25-/m1/s1. The summed E-state index contributed by atoms with van der Waals surface area (Å²) in [5.74, 6) is -2.54. The van der Waals surface area contributed by atoms with E-state index in [0.29, 0.717) is 31.6 Å². The topological polar surface area (TPSA) is 37.0 Å². The number of hydrogen-bond donors (Lipinski definition) is 2. The van der Waals surface area contributed by atoms with Crippen LogP contribution in [0.4, 0.5) is 22.0 Å². The Hall–Kier alpha value is -2.61. The highest BCUT2D eigenvalue weighted by atomic mass is 19.3. The second kappa shape index (κ2) is 11.4. The molecule has 190 valence electrons. The molecule has 4 rings (SSSR count). The van der Waals surface area contributed by atoms with Crippen molar-refractivity contribution in [2.24, 2.45) is 11.8 Å². The van der Waals surface area contributed by atoms with Gasteiger partial charge in [-0.3, -0.25) is 4.39 Å². The third-order valence-corrected chi connectivity index (χ3v) is 6.96. The van der Waals surface area contributed by atoms with Crippen molar-refractivity contribution < 1.29 is 26.7 Å². The first-order chi connectivity index (χ1) is 16.9. The molecule has 0 saturated heterocycles. The van der Waals surface area contributed by atoms with Gasteiger partial charge in [0, 0.05) is 53.2 Å². The van der Waals surface area contributed by atoms with Crippen LogP contribution in [0.1, 0.15) is 48.9 Å². The van der Waals surface area contributed by atoms with Gasteiger partial charge in [-0.2, -0.15) is 0 Å². The van der Waals surface area contributed by atoms with E-state index in [-0.39, 0.29) is 42.6 Å². The minimum Gasteiger partial charge on any atom is -0.492 e. The van der Waals surface area contributed by atoms with Gasteiger partial charge in [-0.1, -0.05) is 25.1 Å². The summed E-state index contributed by atoms with van der Waals surface area (Å²) in [5.41, 5.74) is 2.44. The molecule has 3 nitrogen and oxygen atoms in total. The number of fused-ring (bicyclic) bond motifs is 3. The zero-order chi connectivity index (χ0) is 24.9. The van der Waals surface area contributed by atoms with Gasteiger partial charge in [-0.15, -0.1) is 0 Å². The largest absolute Gasteiger partial charge is 0.492 e. The molecule has 2 N–H and O–H groups in total. The summed E-state index contributed by atoms with van der Waals surface area (Å²) in [6.07, 6.45) is -1.58. The van der Waals surface area contributed by atoms with Crippen LogP contribution in [0.25, 0.3) is 10.9 Å². The van der Waals surface area contributed by atoms with Crippen LogP contribution >= 0.6 is 0 Å². The molecule has 35 heavy (non-hydrogen) atoms. The lowest BCUT2D eigenvalue weighted by molar-refractivity contribution is 0.117. The summed E-state index contributed by atoms with van der Waals surface area (Å²) < 4.78 is 74.9. The highest BCUT2D eigenvalue weighted by Gasteiger charge is 2.40. The second-order valence-corrected chi connectivity index (χ2v) is 9.30. The van der Waals surface area contributed by atoms with Gasteiger partial charge in [0.1, 0.15) is 24.0 Å². The molecule has 0 radical (unpaired) electrons. The fraction of sp³-hybridized carbons (Fsp3) is 0.481. The molecule has 1 heterocycles. The van der Waals surface area contributed by atoms with E-state index in [1.54, 1.807) is 0 Å². The van der Waals surface area contributed by atoms with Crippen molar-refractivity contribution in [2.45, 2.75) is 45.0 Å². The lowest BCUT2D eigenvalue weighted by Crippen LogP contribution is -2.30. The van der Waals surface area contributed by atoms with Crippen LogP contribution in [0.3, 0.4) is 0 Å². The van der Waals surface area contributed by atoms with Crippen molar-refractivity contribution in [3.05, 3.63) is 64.9 Å². The number of hydrogen-bond acceptors (Lipinski definition) is 2. The Morgan fingerprint density at radius 2 is 1.86 bits per heavy atom. The first kappa shape index (κ1) is 25.5. The number of nitrogens with one attached hydrogen (secondary N) is 2. The highest BCUT2D eigenvalue weighted by Crippen LogP contribution is 2.49. The van der Waals surface area contributed by atoms with Gasteiger partial charge in [0.2, 0.25) is 6.43 Å². The first-order valence-electron chi connectivity index (χ1n) is 12.2. The first-order valence-corrected chi connectivity index (χ1v) is 12.2. The molecule has 0 aliphatic heterocycles. The van der Waals surface area contributed by atoms with E-state index in [0.717, 1.165) is 28.6 Å². The Bertz CT molecular complexity index is 1110. The van der Waals surface area contributed by atoms with Crippen molar-refractivity contribution >= 4 is 10.9 Å². The number of aromatic amines is 1. The zero-order valence-electron chi connectivity index (χ0n) is 19.7. The van der Waals surface area contributed by atoms with Gasteiger partial charge >= 0.3 is 0 Å². The molecule has 0 fully saturated rings. The van der Waals surface area contributed by atoms with Gasteiger partial charge in [0.25, 0.3) is 0 Å². The molecule has 1 aromatic heterocycles. The number of rotatable bonds is 11. The van der Waals surface area contributed by atoms with Crippen molar-refractivity contribution in [1.29, 1.82) is 0 Å². The third kappa shape index (κ3) is 5.63. The van der Waals surface area contributed by atoms with Gasteiger partial charge in [0.15, 0.2) is 0 Å². The lowest BCUT2D eigenvalue weighted by Gasteiger charge is -2.37. The highest BCUT2D eigenvalue weighted by molar-refractivity contribution is 5.85. The molecule has 0 bridgehead atoms. The van der Waals surface area contributed by atoms with E-state index in [9.17, 15) is 13.2 Å². The van der Waals surface area contributed by atoms with E-state index in [2.05, 4.69) is 10.3 Å². The molecule has 1 aliphatic rings. The molecular formula is C27H31F5N2O. The van der Waals surface area contributed by atoms with Crippen LogP contribution in [0.5, 0.6) is 5.75 Å². The molecule has 2 aromatic carbocycles. The minimum absolute atomic E-state index is 0.0319. The Balaban J connectivity index is 1.67. The smallest absolute Gasteiger partial charge is 0.238 e. The number of benzene rings is 2. The van der Waals surface area contributed by atoms with Crippen molar-refractivity contribution in [1.82, 2.24) is 10.3 Å². The Morgan fingerprint density at radius 1 is 1.11 bits per heavy atom. The van der Waals surface area contributed by atoms with E-state index in [1.165, 1.54) is 0 Å². The maximum absolute atomic E-state index is 15.5. The van der Waals surface area contributed by atoms with Crippen LogP contribution in [-0.2, 0) is 6.42 Å². The van der Waals surface area contributed by atoms with E-state index in [4.69, 9.17) is 4.74 Å². The summed E-state index contributed by atoms with van der Waals surface area (Å²) in [6, 6.07) is 10.0. The lowest BCUT2D eigenvalue weighted by atomic mass is 9.67.